The lowest BCUT2D eigenvalue weighted by atomic mass is 9.95. The fraction of sp³-hybridized carbons (Fsp3) is 0.438. The molecule has 0 bridgehead atoms. The van der Waals surface area contributed by atoms with Gasteiger partial charge in [-0.1, -0.05) is 18.2 Å². The average molecular weight is 244 g/mol. The van der Waals surface area contributed by atoms with Crippen LogP contribution in [-0.4, -0.2) is 12.4 Å². The molecule has 1 aromatic carbocycles. The predicted molar refractivity (Wildman–Crippen MR) is 72.8 cm³/mol. The summed E-state index contributed by atoms with van der Waals surface area (Å²) in [6.45, 7) is 2.50. The second kappa shape index (κ2) is 6.39. The van der Waals surface area contributed by atoms with Crippen LogP contribution in [0, 0.1) is 6.92 Å². The summed E-state index contributed by atoms with van der Waals surface area (Å²) >= 11 is 0. The highest BCUT2D eigenvalue weighted by Gasteiger charge is 2.12. The average Bonchev–Trinajstić information content (AvgIpc) is 2.40. The van der Waals surface area contributed by atoms with Crippen LogP contribution in [0.2, 0.25) is 0 Å². The summed E-state index contributed by atoms with van der Waals surface area (Å²) in [7, 11) is 0. The molecule has 0 amide bonds. The minimum atomic E-state index is 0.252. The molecule has 1 aromatic rings. The maximum absolute atomic E-state index is 11.9. The molecule has 0 saturated carbocycles. The van der Waals surface area contributed by atoms with Crippen LogP contribution < -0.4 is 4.74 Å². The van der Waals surface area contributed by atoms with Crippen LogP contribution in [-0.2, 0) is 4.79 Å². The number of carbonyl (C=O) groups is 1. The van der Waals surface area contributed by atoms with E-state index in [1.165, 1.54) is 12.0 Å². The van der Waals surface area contributed by atoms with Crippen molar-refractivity contribution in [3.63, 3.8) is 0 Å². The highest BCUT2D eigenvalue weighted by Crippen LogP contribution is 2.19. The fourth-order valence-electron chi connectivity index (χ4n) is 2.22. The zero-order chi connectivity index (χ0) is 12.8. The van der Waals surface area contributed by atoms with E-state index in [1.807, 2.05) is 31.2 Å². The summed E-state index contributed by atoms with van der Waals surface area (Å²) in [6.07, 6.45) is 6.95. The van der Waals surface area contributed by atoms with E-state index in [9.17, 15) is 4.79 Å². The monoisotopic (exact) mass is 244 g/mol. The van der Waals surface area contributed by atoms with Crippen molar-refractivity contribution >= 4 is 5.78 Å². The smallest absolute Gasteiger partial charge is 0.161 e. The van der Waals surface area contributed by atoms with Gasteiger partial charge in [-0.2, -0.15) is 0 Å². The van der Waals surface area contributed by atoms with Gasteiger partial charge in [-0.3, -0.25) is 4.79 Å². The van der Waals surface area contributed by atoms with E-state index in [1.54, 1.807) is 0 Å². The summed E-state index contributed by atoms with van der Waals surface area (Å²) in [5, 5.41) is 0. The Hall–Kier alpha value is -1.57. The van der Waals surface area contributed by atoms with Gasteiger partial charge in [-0.15, -0.1) is 0 Å². The Morgan fingerprint density at radius 2 is 2.22 bits per heavy atom. The van der Waals surface area contributed by atoms with Gasteiger partial charge in [-0.25, -0.2) is 0 Å². The lowest BCUT2D eigenvalue weighted by molar-refractivity contribution is -0.116. The molecule has 0 saturated heterocycles. The molecule has 0 heterocycles. The first-order valence-electron chi connectivity index (χ1n) is 6.67. The van der Waals surface area contributed by atoms with E-state index >= 15 is 0 Å². The molecule has 0 radical (unpaired) electrons. The number of ketones is 1. The largest absolute Gasteiger partial charge is 0.493 e. The zero-order valence-electron chi connectivity index (χ0n) is 10.9. The van der Waals surface area contributed by atoms with Crippen molar-refractivity contribution in [3.8, 4) is 5.75 Å². The predicted octanol–water partition coefficient (Wildman–Crippen LogP) is 3.83. The summed E-state index contributed by atoms with van der Waals surface area (Å²) in [4.78, 5) is 11.9. The van der Waals surface area contributed by atoms with E-state index in [4.69, 9.17) is 4.74 Å². The number of benzene rings is 1. The Morgan fingerprint density at radius 1 is 1.33 bits per heavy atom. The van der Waals surface area contributed by atoms with E-state index in [2.05, 4.69) is 6.08 Å². The van der Waals surface area contributed by atoms with Gasteiger partial charge in [0.25, 0.3) is 0 Å². The molecule has 18 heavy (non-hydrogen) atoms. The number of allylic oxidation sites excluding steroid dienone is 2. The first-order valence-corrected chi connectivity index (χ1v) is 6.67. The lowest BCUT2D eigenvalue weighted by Crippen LogP contribution is -2.10. The van der Waals surface area contributed by atoms with Crippen molar-refractivity contribution in [1.29, 1.82) is 0 Å². The molecule has 0 atom stereocenters. The molecule has 2 rings (SSSR count). The number of ether oxygens (including phenoxy) is 1. The second-order valence-corrected chi connectivity index (χ2v) is 4.81. The third-order valence-electron chi connectivity index (χ3n) is 3.24. The van der Waals surface area contributed by atoms with Crippen molar-refractivity contribution in [2.75, 3.05) is 6.61 Å². The van der Waals surface area contributed by atoms with E-state index in [-0.39, 0.29) is 5.78 Å². The van der Waals surface area contributed by atoms with Crippen LogP contribution in [0.15, 0.2) is 35.9 Å². The SMILES string of the molecule is Cc1cccc(OCCC(=O)C2=CCCCC2)c1. The Bertz CT molecular complexity index is 446. The lowest BCUT2D eigenvalue weighted by Gasteiger charge is -2.12. The van der Waals surface area contributed by atoms with E-state index in [0.29, 0.717) is 13.0 Å². The van der Waals surface area contributed by atoms with E-state index in [0.717, 1.165) is 30.6 Å². The van der Waals surface area contributed by atoms with Gasteiger partial charge in [0, 0.05) is 6.42 Å². The molecule has 2 heteroatoms. The first-order chi connectivity index (χ1) is 8.75. The molecule has 1 aliphatic carbocycles. The topological polar surface area (TPSA) is 26.3 Å². The van der Waals surface area contributed by atoms with Gasteiger partial charge in [0.1, 0.15) is 5.75 Å². The van der Waals surface area contributed by atoms with Crippen LogP contribution in [0.1, 0.15) is 37.7 Å². The minimum Gasteiger partial charge on any atom is -0.493 e. The van der Waals surface area contributed by atoms with Crippen LogP contribution in [0.5, 0.6) is 5.75 Å². The molecule has 96 valence electrons. The van der Waals surface area contributed by atoms with Gasteiger partial charge in [0.2, 0.25) is 0 Å². The summed E-state index contributed by atoms with van der Waals surface area (Å²) in [6, 6.07) is 7.92. The van der Waals surface area contributed by atoms with Crippen molar-refractivity contribution in [1.82, 2.24) is 0 Å². The Balaban J connectivity index is 1.78. The number of aryl methyl sites for hydroxylation is 1. The van der Waals surface area contributed by atoms with Gasteiger partial charge in [-0.05, 0) is 55.9 Å². The van der Waals surface area contributed by atoms with Crippen LogP contribution in [0.25, 0.3) is 0 Å². The maximum atomic E-state index is 11.9. The van der Waals surface area contributed by atoms with Crippen molar-refractivity contribution in [2.45, 2.75) is 39.0 Å². The van der Waals surface area contributed by atoms with Crippen molar-refractivity contribution in [2.24, 2.45) is 0 Å². The number of Topliss-reactive ketones (excluding diaryl/α,β-unsaturated/α-hetero) is 1. The molecule has 1 aliphatic rings. The molecule has 0 N–H and O–H groups in total. The van der Waals surface area contributed by atoms with Crippen LogP contribution >= 0.6 is 0 Å². The number of carbonyl (C=O) groups excluding carboxylic acids is 1. The van der Waals surface area contributed by atoms with Crippen molar-refractivity contribution in [3.05, 3.63) is 41.5 Å². The van der Waals surface area contributed by atoms with Gasteiger partial charge < -0.3 is 4.74 Å². The van der Waals surface area contributed by atoms with E-state index < -0.39 is 0 Å². The van der Waals surface area contributed by atoms with Gasteiger partial charge >= 0.3 is 0 Å². The summed E-state index contributed by atoms with van der Waals surface area (Å²) < 4.78 is 5.60. The second-order valence-electron chi connectivity index (χ2n) is 4.81. The third kappa shape index (κ3) is 3.73. The van der Waals surface area contributed by atoms with Crippen LogP contribution in [0.4, 0.5) is 0 Å². The number of rotatable bonds is 5. The normalized spacial score (nSPS) is 15.1. The Labute approximate surface area is 109 Å². The molecular formula is C16H20O2. The van der Waals surface area contributed by atoms with Crippen LogP contribution in [0.3, 0.4) is 0 Å². The minimum absolute atomic E-state index is 0.252. The molecule has 2 nitrogen and oxygen atoms in total. The molecule has 0 aliphatic heterocycles. The molecule has 0 aromatic heterocycles. The Kier molecular flexibility index (Phi) is 4.57. The Morgan fingerprint density at radius 3 is 2.94 bits per heavy atom. The van der Waals surface area contributed by atoms with Gasteiger partial charge in [0.15, 0.2) is 5.78 Å². The first kappa shape index (κ1) is 12.9. The summed E-state index contributed by atoms with van der Waals surface area (Å²) in [5.74, 6) is 1.10. The highest BCUT2D eigenvalue weighted by atomic mass is 16.5. The van der Waals surface area contributed by atoms with Gasteiger partial charge in [0.05, 0.1) is 6.61 Å². The third-order valence-corrected chi connectivity index (χ3v) is 3.24. The quantitative estimate of drug-likeness (QED) is 0.786. The zero-order valence-corrected chi connectivity index (χ0v) is 10.9. The highest BCUT2D eigenvalue weighted by molar-refractivity contribution is 5.95. The molecule has 0 spiro atoms. The molecular weight excluding hydrogens is 224 g/mol. The number of hydrogen-bond donors (Lipinski definition) is 0. The fourth-order valence-corrected chi connectivity index (χ4v) is 2.22. The maximum Gasteiger partial charge on any atom is 0.161 e. The van der Waals surface area contributed by atoms with Crippen molar-refractivity contribution < 1.29 is 9.53 Å². The molecule has 0 fully saturated rings. The molecule has 0 unspecified atom stereocenters. The summed E-state index contributed by atoms with van der Waals surface area (Å²) in [5.41, 5.74) is 2.18. The standard InChI is InChI=1S/C16H20O2/c1-13-6-5-9-15(12-13)18-11-10-16(17)14-7-3-2-4-8-14/h5-7,9,12H,2-4,8,10-11H2,1H3. The number of hydrogen-bond acceptors (Lipinski definition) is 2.